The molecule has 0 radical (unpaired) electrons. The van der Waals surface area contributed by atoms with E-state index in [-0.39, 0.29) is 12.5 Å². The summed E-state index contributed by atoms with van der Waals surface area (Å²) in [7, 11) is 0. The SMILES string of the molecule is O=C(COc1cccc2cccnc12)N1CCO[C@@H](c2nc(-c3ccccn3)no2)C1. The van der Waals surface area contributed by atoms with E-state index >= 15 is 0 Å². The predicted octanol–water partition coefficient (Wildman–Crippen LogP) is 2.66. The zero-order valence-electron chi connectivity index (χ0n) is 16.5. The highest BCUT2D eigenvalue weighted by Crippen LogP contribution is 2.25. The third-order valence-electron chi connectivity index (χ3n) is 4.98. The highest BCUT2D eigenvalue weighted by Gasteiger charge is 2.30. The number of aromatic nitrogens is 4. The highest BCUT2D eigenvalue weighted by molar-refractivity contribution is 5.85. The van der Waals surface area contributed by atoms with E-state index in [9.17, 15) is 4.79 Å². The number of hydrogen-bond acceptors (Lipinski definition) is 8. The first-order valence-corrected chi connectivity index (χ1v) is 9.89. The van der Waals surface area contributed by atoms with Crippen LogP contribution in [-0.2, 0) is 9.53 Å². The summed E-state index contributed by atoms with van der Waals surface area (Å²) in [6, 6.07) is 14.9. The van der Waals surface area contributed by atoms with Gasteiger partial charge in [0.1, 0.15) is 17.0 Å². The van der Waals surface area contributed by atoms with Crippen molar-refractivity contribution in [2.45, 2.75) is 6.10 Å². The van der Waals surface area contributed by atoms with Gasteiger partial charge in [-0.15, -0.1) is 0 Å². The first-order valence-electron chi connectivity index (χ1n) is 9.89. The average Bonchev–Trinajstić information content (AvgIpc) is 3.34. The minimum Gasteiger partial charge on any atom is -0.481 e. The van der Waals surface area contributed by atoms with Gasteiger partial charge in [-0.3, -0.25) is 14.8 Å². The van der Waals surface area contributed by atoms with E-state index in [0.717, 1.165) is 10.9 Å². The van der Waals surface area contributed by atoms with Crippen molar-refractivity contribution in [3.05, 3.63) is 66.8 Å². The molecule has 0 aliphatic carbocycles. The van der Waals surface area contributed by atoms with Gasteiger partial charge in [-0.05, 0) is 24.3 Å². The van der Waals surface area contributed by atoms with Gasteiger partial charge in [0, 0.05) is 24.3 Å². The molecule has 0 unspecified atom stereocenters. The molecule has 9 nitrogen and oxygen atoms in total. The molecule has 0 N–H and O–H groups in total. The lowest BCUT2D eigenvalue weighted by molar-refractivity contribution is -0.142. The maximum Gasteiger partial charge on any atom is 0.260 e. The number of hydrogen-bond donors (Lipinski definition) is 0. The van der Waals surface area contributed by atoms with Crippen LogP contribution in [0.5, 0.6) is 5.75 Å². The molecule has 9 heteroatoms. The van der Waals surface area contributed by atoms with Crippen molar-refractivity contribution in [3.8, 4) is 17.3 Å². The van der Waals surface area contributed by atoms with Crippen LogP contribution in [0, 0.1) is 0 Å². The molecule has 4 heterocycles. The molecule has 1 aromatic carbocycles. The quantitative estimate of drug-likeness (QED) is 0.488. The molecule has 0 spiro atoms. The van der Waals surface area contributed by atoms with Crippen molar-refractivity contribution in [2.24, 2.45) is 0 Å². The summed E-state index contributed by atoms with van der Waals surface area (Å²) in [6.07, 6.45) is 2.86. The van der Waals surface area contributed by atoms with E-state index in [1.165, 1.54) is 0 Å². The number of fused-ring (bicyclic) bond motifs is 1. The molecule has 0 saturated carbocycles. The number of benzene rings is 1. The van der Waals surface area contributed by atoms with Crippen LogP contribution in [0.1, 0.15) is 12.0 Å². The summed E-state index contributed by atoms with van der Waals surface area (Å²) in [5.41, 5.74) is 1.34. The Kier molecular flexibility index (Phi) is 5.24. The summed E-state index contributed by atoms with van der Waals surface area (Å²) in [6.45, 7) is 1.05. The van der Waals surface area contributed by atoms with E-state index in [4.69, 9.17) is 14.0 Å². The summed E-state index contributed by atoms with van der Waals surface area (Å²) in [5, 5.41) is 4.93. The molecule has 1 amide bonds. The second kappa shape index (κ2) is 8.49. The monoisotopic (exact) mass is 417 g/mol. The molecule has 1 fully saturated rings. The van der Waals surface area contributed by atoms with Crippen LogP contribution in [0.2, 0.25) is 0 Å². The summed E-state index contributed by atoms with van der Waals surface area (Å²) in [5.74, 6) is 1.13. The van der Waals surface area contributed by atoms with Gasteiger partial charge in [0.2, 0.25) is 5.82 Å². The normalized spacial score (nSPS) is 16.4. The van der Waals surface area contributed by atoms with Crippen LogP contribution in [0.25, 0.3) is 22.4 Å². The van der Waals surface area contributed by atoms with Crippen molar-refractivity contribution >= 4 is 16.8 Å². The second-order valence-electron chi connectivity index (χ2n) is 6.99. The smallest absolute Gasteiger partial charge is 0.260 e. The molecule has 0 bridgehead atoms. The van der Waals surface area contributed by atoms with Gasteiger partial charge in [-0.2, -0.15) is 4.98 Å². The lowest BCUT2D eigenvalue weighted by Gasteiger charge is -2.31. The number of rotatable bonds is 5. The predicted molar refractivity (Wildman–Crippen MR) is 110 cm³/mol. The number of ether oxygens (including phenoxy) is 2. The van der Waals surface area contributed by atoms with E-state index in [2.05, 4.69) is 20.1 Å². The topological polar surface area (TPSA) is 103 Å². The number of para-hydroxylation sites is 1. The first kappa shape index (κ1) is 19.1. The van der Waals surface area contributed by atoms with Crippen molar-refractivity contribution in [3.63, 3.8) is 0 Å². The third-order valence-corrected chi connectivity index (χ3v) is 4.98. The Morgan fingerprint density at radius 1 is 1.10 bits per heavy atom. The maximum atomic E-state index is 12.8. The van der Waals surface area contributed by atoms with Gasteiger partial charge >= 0.3 is 0 Å². The first-order chi connectivity index (χ1) is 15.3. The minimum atomic E-state index is -0.498. The van der Waals surface area contributed by atoms with Crippen molar-refractivity contribution in [1.82, 2.24) is 25.0 Å². The Morgan fingerprint density at radius 3 is 2.90 bits per heavy atom. The lowest BCUT2D eigenvalue weighted by atomic mass is 10.2. The van der Waals surface area contributed by atoms with Crippen LogP contribution >= 0.6 is 0 Å². The molecule has 4 aromatic rings. The molecule has 5 rings (SSSR count). The van der Waals surface area contributed by atoms with Crippen molar-refractivity contribution < 1.29 is 18.8 Å². The van der Waals surface area contributed by atoms with Crippen LogP contribution in [0.4, 0.5) is 0 Å². The van der Waals surface area contributed by atoms with Crippen LogP contribution in [-0.4, -0.2) is 57.2 Å². The fourth-order valence-corrected chi connectivity index (χ4v) is 3.41. The molecular formula is C22H19N5O4. The summed E-state index contributed by atoms with van der Waals surface area (Å²) >= 11 is 0. The van der Waals surface area contributed by atoms with Crippen LogP contribution in [0.15, 0.2) is 65.4 Å². The Bertz CT molecular complexity index is 1190. The van der Waals surface area contributed by atoms with Gasteiger partial charge in [0.05, 0.1) is 13.2 Å². The standard InChI is InChI=1S/C22H19N5O4/c28-19(14-30-17-8-3-5-15-6-4-10-24-20(15)17)27-11-12-29-18(13-27)22-25-21(26-31-22)16-7-1-2-9-23-16/h1-10,18H,11-14H2/t18-/m1/s1. The largest absolute Gasteiger partial charge is 0.481 e. The molecular weight excluding hydrogens is 398 g/mol. The van der Waals surface area contributed by atoms with Gasteiger partial charge in [0.25, 0.3) is 11.8 Å². The van der Waals surface area contributed by atoms with E-state index < -0.39 is 6.10 Å². The zero-order chi connectivity index (χ0) is 21.0. The average molecular weight is 417 g/mol. The van der Waals surface area contributed by atoms with Crippen molar-refractivity contribution in [1.29, 1.82) is 0 Å². The summed E-state index contributed by atoms with van der Waals surface area (Å²) in [4.78, 5) is 27.4. The lowest BCUT2D eigenvalue weighted by Crippen LogP contribution is -2.44. The third kappa shape index (κ3) is 4.08. The van der Waals surface area contributed by atoms with Gasteiger partial charge in [0.15, 0.2) is 12.7 Å². The molecule has 1 aliphatic heterocycles. The number of carbonyl (C=O) groups excluding carboxylic acids is 1. The van der Waals surface area contributed by atoms with Gasteiger partial charge in [-0.1, -0.05) is 29.4 Å². The highest BCUT2D eigenvalue weighted by atomic mass is 16.5. The molecule has 1 aliphatic rings. The summed E-state index contributed by atoms with van der Waals surface area (Å²) < 4.78 is 16.9. The molecule has 156 valence electrons. The van der Waals surface area contributed by atoms with E-state index in [0.29, 0.717) is 42.9 Å². The Balaban J connectivity index is 1.24. The fraction of sp³-hybridized carbons (Fsp3) is 0.227. The number of carbonyl (C=O) groups is 1. The van der Waals surface area contributed by atoms with Crippen LogP contribution < -0.4 is 4.74 Å². The second-order valence-corrected chi connectivity index (χ2v) is 6.99. The number of pyridine rings is 2. The number of amides is 1. The molecule has 3 aromatic heterocycles. The van der Waals surface area contributed by atoms with E-state index in [1.54, 1.807) is 23.4 Å². The Labute approximate surface area is 177 Å². The maximum absolute atomic E-state index is 12.8. The van der Waals surface area contributed by atoms with Crippen molar-refractivity contribution in [2.75, 3.05) is 26.3 Å². The minimum absolute atomic E-state index is 0.0918. The number of nitrogens with zero attached hydrogens (tertiary/aromatic N) is 5. The molecule has 1 atom stereocenters. The Hall–Kier alpha value is -3.85. The fourth-order valence-electron chi connectivity index (χ4n) is 3.41. The molecule has 1 saturated heterocycles. The molecule has 31 heavy (non-hydrogen) atoms. The van der Waals surface area contributed by atoms with Gasteiger partial charge < -0.3 is 18.9 Å². The number of morpholine rings is 1. The zero-order valence-corrected chi connectivity index (χ0v) is 16.5. The van der Waals surface area contributed by atoms with E-state index in [1.807, 2.05) is 42.5 Å². The Morgan fingerprint density at radius 2 is 2.00 bits per heavy atom. The van der Waals surface area contributed by atoms with Gasteiger partial charge in [-0.25, -0.2) is 0 Å². The van der Waals surface area contributed by atoms with Crippen LogP contribution in [0.3, 0.4) is 0 Å².